The van der Waals surface area contributed by atoms with Crippen LogP contribution in [0.1, 0.15) is 40.0 Å². The molecule has 0 aromatic heterocycles. The van der Waals surface area contributed by atoms with Gasteiger partial charge in [0.05, 0.1) is 0 Å². The van der Waals surface area contributed by atoms with Crippen molar-refractivity contribution in [1.82, 2.24) is 5.32 Å². The van der Waals surface area contributed by atoms with Crippen molar-refractivity contribution in [3.8, 4) is 0 Å². The third-order valence-electron chi connectivity index (χ3n) is 2.85. The second-order valence-electron chi connectivity index (χ2n) is 4.51. The summed E-state index contributed by atoms with van der Waals surface area (Å²) in [5.74, 6) is 0.387. The largest absolute Gasteiger partial charge is 0.480 e. The zero-order chi connectivity index (χ0) is 11.5. The fraction of sp³-hybridized carbons (Fsp3) is 0.909. The number of carboxylic acids is 1. The van der Waals surface area contributed by atoms with Gasteiger partial charge in [0.25, 0.3) is 0 Å². The second-order valence-corrected chi connectivity index (χ2v) is 6.08. The van der Waals surface area contributed by atoms with Crippen molar-refractivity contribution in [2.24, 2.45) is 0 Å². The number of nitrogens with one attached hydrogen (secondary N) is 1. The highest BCUT2D eigenvalue weighted by Gasteiger charge is 2.45. The van der Waals surface area contributed by atoms with Gasteiger partial charge in [0.2, 0.25) is 0 Å². The molecule has 0 radical (unpaired) electrons. The van der Waals surface area contributed by atoms with Gasteiger partial charge in [-0.25, -0.2) is 0 Å². The summed E-state index contributed by atoms with van der Waals surface area (Å²) >= 11 is 1.88. The lowest BCUT2D eigenvalue weighted by atomic mass is 9.97. The van der Waals surface area contributed by atoms with Gasteiger partial charge < -0.3 is 5.11 Å². The highest BCUT2D eigenvalue weighted by molar-refractivity contribution is 7.99. The maximum Gasteiger partial charge on any atom is 0.323 e. The number of thioether (sulfide) groups is 1. The molecule has 2 unspecified atom stereocenters. The summed E-state index contributed by atoms with van der Waals surface area (Å²) in [5.41, 5.74) is -0.666. The van der Waals surface area contributed by atoms with Crippen LogP contribution in [0.5, 0.6) is 0 Å². The summed E-state index contributed by atoms with van der Waals surface area (Å²) in [4.78, 5) is 11.3. The Balaban J connectivity index is 2.65. The van der Waals surface area contributed by atoms with Crippen LogP contribution < -0.4 is 5.32 Å². The normalized spacial score (nSPS) is 31.1. The molecule has 3 nitrogen and oxygen atoms in total. The van der Waals surface area contributed by atoms with Crippen LogP contribution in [0.25, 0.3) is 0 Å². The van der Waals surface area contributed by atoms with E-state index in [1.165, 1.54) is 0 Å². The molecule has 1 saturated carbocycles. The van der Waals surface area contributed by atoms with Crippen LogP contribution in [0.2, 0.25) is 0 Å². The molecule has 1 rings (SSSR count). The Morgan fingerprint density at radius 2 is 2.33 bits per heavy atom. The Bertz CT molecular complexity index is 233. The van der Waals surface area contributed by atoms with Crippen molar-refractivity contribution in [2.75, 3.05) is 5.75 Å². The summed E-state index contributed by atoms with van der Waals surface area (Å²) in [5, 5.41) is 13.1. The highest BCUT2D eigenvalue weighted by Crippen LogP contribution is 2.37. The summed E-state index contributed by atoms with van der Waals surface area (Å²) < 4.78 is 0. The Hall–Kier alpha value is -0.220. The first-order valence-electron chi connectivity index (χ1n) is 5.63. The molecule has 1 fully saturated rings. The van der Waals surface area contributed by atoms with E-state index in [-0.39, 0.29) is 6.04 Å². The van der Waals surface area contributed by atoms with Gasteiger partial charge in [-0.2, -0.15) is 11.8 Å². The van der Waals surface area contributed by atoms with Gasteiger partial charge in [-0.15, -0.1) is 0 Å². The Kier molecular flexibility index (Phi) is 4.46. The molecule has 2 atom stereocenters. The summed E-state index contributed by atoms with van der Waals surface area (Å²) in [6, 6.07) is 0.228. The lowest BCUT2D eigenvalue weighted by Gasteiger charge is -2.28. The first kappa shape index (κ1) is 12.8. The fourth-order valence-corrected chi connectivity index (χ4v) is 3.48. The Morgan fingerprint density at radius 3 is 2.80 bits per heavy atom. The van der Waals surface area contributed by atoms with Crippen molar-refractivity contribution < 1.29 is 9.90 Å². The molecule has 0 bridgehead atoms. The maximum atomic E-state index is 11.3. The first-order valence-corrected chi connectivity index (χ1v) is 6.67. The zero-order valence-corrected chi connectivity index (χ0v) is 10.6. The number of carbonyl (C=O) groups is 1. The smallest absolute Gasteiger partial charge is 0.323 e. The van der Waals surface area contributed by atoms with Gasteiger partial charge >= 0.3 is 5.97 Å². The summed E-state index contributed by atoms with van der Waals surface area (Å²) in [7, 11) is 0. The van der Waals surface area contributed by atoms with Gasteiger partial charge in [-0.3, -0.25) is 10.1 Å². The molecule has 0 aliphatic heterocycles. The van der Waals surface area contributed by atoms with Gasteiger partial charge in [0.1, 0.15) is 5.54 Å². The van der Waals surface area contributed by atoms with E-state index >= 15 is 0 Å². The number of aliphatic carboxylic acids is 1. The van der Waals surface area contributed by atoms with Crippen LogP contribution in [-0.4, -0.2) is 33.7 Å². The van der Waals surface area contributed by atoms with E-state index in [2.05, 4.69) is 12.2 Å². The van der Waals surface area contributed by atoms with Crippen LogP contribution in [-0.2, 0) is 4.79 Å². The number of hydrogen-bond acceptors (Lipinski definition) is 3. The third kappa shape index (κ3) is 3.11. The monoisotopic (exact) mass is 231 g/mol. The van der Waals surface area contributed by atoms with Crippen LogP contribution in [0.4, 0.5) is 0 Å². The molecular weight excluding hydrogens is 210 g/mol. The molecule has 88 valence electrons. The molecule has 0 aromatic carbocycles. The predicted molar refractivity (Wildman–Crippen MR) is 64.4 cm³/mol. The minimum Gasteiger partial charge on any atom is -0.480 e. The van der Waals surface area contributed by atoms with Crippen LogP contribution in [0, 0.1) is 0 Å². The molecular formula is C11H21NO2S. The highest BCUT2D eigenvalue weighted by atomic mass is 32.2. The average Bonchev–Trinajstić information content (AvgIpc) is 2.49. The molecule has 0 amide bonds. The first-order chi connectivity index (χ1) is 7.00. The summed E-state index contributed by atoms with van der Waals surface area (Å²) in [6.07, 6.45) is 2.54. The standard InChI is InChI=1S/C11H21NO2S/c1-4-15-9-5-6-11(7-9,10(13)14)12-8(2)3/h8-9,12H,4-7H2,1-3H3,(H,13,14). The Morgan fingerprint density at radius 1 is 1.67 bits per heavy atom. The van der Waals surface area contributed by atoms with Gasteiger partial charge in [-0.1, -0.05) is 6.92 Å². The van der Waals surface area contributed by atoms with Crippen molar-refractivity contribution in [3.63, 3.8) is 0 Å². The molecule has 15 heavy (non-hydrogen) atoms. The van der Waals surface area contributed by atoms with E-state index < -0.39 is 11.5 Å². The van der Waals surface area contributed by atoms with Crippen molar-refractivity contribution in [2.45, 2.75) is 56.9 Å². The molecule has 1 aliphatic rings. The number of rotatable bonds is 5. The molecule has 4 heteroatoms. The number of hydrogen-bond donors (Lipinski definition) is 2. The molecule has 0 heterocycles. The minimum absolute atomic E-state index is 0.228. The van der Waals surface area contributed by atoms with E-state index in [4.69, 9.17) is 0 Å². The topological polar surface area (TPSA) is 49.3 Å². The quantitative estimate of drug-likeness (QED) is 0.761. The lowest BCUT2D eigenvalue weighted by Crippen LogP contribution is -2.53. The van der Waals surface area contributed by atoms with E-state index in [1.54, 1.807) is 0 Å². The maximum absolute atomic E-state index is 11.3. The van der Waals surface area contributed by atoms with Crippen LogP contribution in [0.3, 0.4) is 0 Å². The molecule has 0 aromatic rings. The molecule has 2 N–H and O–H groups in total. The van der Waals surface area contributed by atoms with E-state index in [9.17, 15) is 9.90 Å². The Labute approximate surface area is 96.0 Å². The summed E-state index contributed by atoms with van der Waals surface area (Å²) in [6.45, 7) is 6.14. The number of carboxylic acid groups (broad SMARTS) is 1. The SMILES string of the molecule is CCSC1CCC(NC(C)C)(C(=O)O)C1. The van der Waals surface area contributed by atoms with Gasteiger partial charge in [0.15, 0.2) is 0 Å². The predicted octanol–water partition coefficient (Wildman–Crippen LogP) is 2.11. The van der Waals surface area contributed by atoms with Crippen molar-refractivity contribution in [1.29, 1.82) is 0 Å². The zero-order valence-electron chi connectivity index (χ0n) is 9.75. The van der Waals surface area contributed by atoms with Crippen LogP contribution >= 0.6 is 11.8 Å². The fourth-order valence-electron chi connectivity index (χ4n) is 2.32. The van der Waals surface area contributed by atoms with Crippen LogP contribution in [0.15, 0.2) is 0 Å². The minimum atomic E-state index is -0.685. The van der Waals surface area contributed by atoms with E-state index in [0.29, 0.717) is 5.25 Å². The molecule has 0 spiro atoms. The van der Waals surface area contributed by atoms with Gasteiger partial charge in [0, 0.05) is 11.3 Å². The third-order valence-corrected chi connectivity index (χ3v) is 4.05. The van der Waals surface area contributed by atoms with Gasteiger partial charge in [-0.05, 0) is 38.9 Å². The second kappa shape index (κ2) is 5.21. The average molecular weight is 231 g/mol. The van der Waals surface area contributed by atoms with Crippen molar-refractivity contribution >= 4 is 17.7 Å². The lowest BCUT2D eigenvalue weighted by molar-refractivity contribution is -0.145. The van der Waals surface area contributed by atoms with E-state index in [1.807, 2.05) is 25.6 Å². The molecule has 0 saturated heterocycles. The molecule has 1 aliphatic carbocycles. The van der Waals surface area contributed by atoms with E-state index in [0.717, 1.165) is 25.0 Å². The van der Waals surface area contributed by atoms with Crippen molar-refractivity contribution in [3.05, 3.63) is 0 Å².